The predicted molar refractivity (Wildman–Crippen MR) is 123 cm³/mol. The second-order valence-corrected chi connectivity index (χ2v) is 10.0. The maximum atomic E-state index is 12.5. The van der Waals surface area contributed by atoms with Gasteiger partial charge in [-0.1, -0.05) is 18.6 Å². The Hall–Kier alpha value is -2.75. The molecule has 162 valence electrons. The number of likely N-dealkylation sites (tertiary alicyclic amines) is 1. The number of anilines is 2. The molecule has 0 atom stereocenters. The fraction of sp³-hybridized carbons (Fsp3) is 0.273. The number of amides is 1. The lowest BCUT2D eigenvalue weighted by molar-refractivity contribution is 0.102. The number of sulfonamides is 1. The van der Waals surface area contributed by atoms with Gasteiger partial charge >= 0.3 is 0 Å². The van der Waals surface area contributed by atoms with E-state index in [1.165, 1.54) is 54.5 Å². The molecule has 2 N–H and O–H groups in total. The van der Waals surface area contributed by atoms with Gasteiger partial charge < -0.3 is 5.32 Å². The lowest BCUT2D eigenvalue weighted by Gasteiger charge is -2.26. The molecule has 1 aliphatic heterocycles. The Morgan fingerprint density at radius 3 is 2.35 bits per heavy atom. The Morgan fingerprint density at radius 1 is 1.00 bits per heavy atom. The van der Waals surface area contributed by atoms with Gasteiger partial charge in [-0.05, 0) is 67.9 Å². The molecule has 31 heavy (non-hydrogen) atoms. The second-order valence-electron chi connectivity index (χ2n) is 7.45. The van der Waals surface area contributed by atoms with Crippen molar-refractivity contribution >= 4 is 38.1 Å². The minimum Gasteiger partial charge on any atom is -0.322 e. The third kappa shape index (κ3) is 5.69. The number of hydrogen-bond acceptors (Lipinski definition) is 6. The largest absolute Gasteiger partial charge is 0.322 e. The van der Waals surface area contributed by atoms with Crippen molar-refractivity contribution in [2.75, 3.05) is 23.1 Å². The van der Waals surface area contributed by atoms with Crippen LogP contribution in [0.1, 0.15) is 35.2 Å². The van der Waals surface area contributed by atoms with E-state index in [1.54, 1.807) is 17.5 Å². The summed E-state index contributed by atoms with van der Waals surface area (Å²) in [6.07, 6.45) is 5.34. The van der Waals surface area contributed by atoms with Gasteiger partial charge in [-0.2, -0.15) is 0 Å². The van der Waals surface area contributed by atoms with E-state index in [9.17, 15) is 13.2 Å². The van der Waals surface area contributed by atoms with E-state index in [2.05, 4.69) is 19.9 Å². The average molecular weight is 457 g/mol. The van der Waals surface area contributed by atoms with Gasteiger partial charge in [-0.15, -0.1) is 11.3 Å². The molecule has 1 fully saturated rings. The third-order valence-corrected chi connectivity index (χ3v) is 7.32. The van der Waals surface area contributed by atoms with Crippen LogP contribution < -0.4 is 10.0 Å². The summed E-state index contributed by atoms with van der Waals surface area (Å²) in [5, 5.41) is 4.81. The summed E-state index contributed by atoms with van der Waals surface area (Å²) in [5.41, 5.74) is 2.28. The van der Waals surface area contributed by atoms with Gasteiger partial charge in [-0.25, -0.2) is 13.4 Å². The number of piperidine rings is 1. The summed E-state index contributed by atoms with van der Waals surface area (Å²) < 4.78 is 27.2. The fourth-order valence-electron chi connectivity index (χ4n) is 3.51. The number of carbonyl (C=O) groups is 1. The summed E-state index contributed by atoms with van der Waals surface area (Å²) in [7, 11) is -3.72. The maximum absolute atomic E-state index is 12.5. The van der Waals surface area contributed by atoms with E-state index in [0.717, 1.165) is 19.6 Å². The van der Waals surface area contributed by atoms with E-state index < -0.39 is 10.0 Å². The Morgan fingerprint density at radius 2 is 1.71 bits per heavy atom. The van der Waals surface area contributed by atoms with Gasteiger partial charge in [0, 0.05) is 29.4 Å². The van der Waals surface area contributed by atoms with Crippen molar-refractivity contribution in [3.05, 3.63) is 71.2 Å². The summed E-state index contributed by atoms with van der Waals surface area (Å²) in [6.45, 7) is 3.17. The van der Waals surface area contributed by atoms with Crippen LogP contribution in [0.3, 0.4) is 0 Å². The predicted octanol–water partition coefficient (Wildman–Crippen LogP) is 4.18. The third-order valence-electron chi connectivity index (χ3n) is 5.15. The van der Waals surface area contributed by atoms with Crippen molar-refractivity contribution in [1.82, 2.24) is 9.88 Å². The normalized spacial score (nSPS) is 14.8. The summed E-state index contributed by atoms with van der Waals surface area (Å²) in [4.78, 5) is 19.0. The number of benzene rings is 2. The Balaban J connectivity index is 1.36. The summed E-state index contributed by atoms with van der Waals surface area (Å²) in [6, 6.07) is 13.7. The van der Waals surface area contributed by atoms with Crippen molar-refractivity contribution < 1.29 is 13.2 Å². The van der Waals surface area contributed by atoms with Crippen LogP contribution in [0, 0.1) is 0 Å². The van der Waals surface area contributed by atoms with E-state index in [-0.39, 0.29) is 10.8 Å². The highest BCUT2D eigenvalue weighted by Crippen LogP contribution is 2.20. The van der Waals surface area contributed by atoms with Crippen LogP contribution in [-0.2, 0) is 16.6 Å². The standard InChI is InChI=1S/C22H24N4O3S2/c27-21(18-6-4-17(5-7-18)16-26-13-2-1-3-14-26)24-19-8-10-20(11-9-19)31(28,29)25-22-23-12-15-30-22/h4-12,15H,1-3,13-14,16H2,(H,23,25)(H,24,27). The first-order chi connectivity index (χ1) is 15.0. The molecule has 7 nitrogen and oxygen atoms in total. The van der Waals surface area contributed by atoms with Crippen LogP contribution in [0.25, 0.3) is 0 Å². The first-order valence-corrected chi connectivity index (χ1v) is 12.5. The minimum atomic E-state index is -3.72. The summed E-state index contributed by atoms with van der Waals surface area (Å²) in [5.74, 6) is -0.235. The quantitative estimate of drug-likeness (QED) is 0.556. The molecule has 3 aromatic rings. The molecule has 0 bridgehead atoms. The molecule has 2 heterocycles. The van der Waals surface area contributed by atoms with Gasteiger partial charge in [0.25, 0.3) is 15.9 Å². The molecule has 0 unspecified atom stereocenters. The molecule has 1 saturated heterocycles. The van der Waals surface area contributed by atoms with Crippen LogP contribution in [0.15, 0.2) is 65.0 Å². The highest BCUT2D eigenvalue weighted by atomic mass is 32.2. The monoisotopic (exact) mass is 456 g/mol. The SMILES string of the molecule is O=C(Nc1ccc(S(=O)(=O)Nc2nccs2)cc1)c1ccc(CN2CCCCC2)cc1. The molecule has 2 aromatic carbocycles. The topological polar surface area (TPSA) is 91.4 Å². The Labute approximate surface area is 186 Å². The van der Waals surface area contributed by atoms with Crippen molar-refractivity contribution in [2.24, 2.45) is 0 Å². The molecule has 9 heteroatoms. The zero-order valence-corrected chi connectivity index (χ0v) is 18.6. The molecule has 1 aromatic heterocycles. The van der Waals surface area contributed by atoms with Crippen LogP contribution in [0.4, 0.5) is 10.8 Å². The lowest BCUT2D eigenvalue weighted by Crippen LogP contribution is -2.29. The van der Waals surface area contributed by atoms with Crippen molar-refractivity contribution in [3.63, 3.8) is 0 Å². The summed E-state index contributed by atoms with van der Waals surface area (Å²) >= 11 is 1.20. The van der Waals surface area contributed by atoms with Gasteiger partial charge in [0.1, 0.15) is 0 Å². The van der Waals surface area contributed by atoms with E-state index in [0.29, 0.717) is 16.4 Å². The Kier molecular flexibility index (Phi) is 6.64. The van der Waals surface area contributed by atoms with Crippen LogP contribution in [0.5, 0.6) is 0 Å². The highest BCUT2D eigenvalue weighted by Gasteiger charge is 2.16. The molecule has 4 rings (SSSR count). The first-order valence-electron chi connectivity index (χ1n) is 10.1. The molecule has 0 radical (unpaired) electrons. The highest BCUT2D eigenvalue weighted by molar-refractivity contribution is 7.93. The van der Waals surface area contributed by atoms with Crippen molar-refractivity contribution in [3.8, 4) is 0 Å². The van der Waals surface area contributed by atoms with Gasteiger partial charge in [0.15, 0.2) is 5.13 Å². The zero-order chi connectivity index (χ0) is 21.7. The molecular formula is C22H24N4O3S2. The average Bonchev–Trinajstić information content (AvgIpc) is 3.28. The Bertz CT molecular complexity index is 1110. The van der Waals surface area contributed by atoms with Gasteiger partial charge in [0.2, 0.25) is 0 Å². The number of nitrogens with zero attached hydrogens (tertiary/aromatic N) is 2. The van der Waals surface area contributed by atoms with E-state index in [1.807, 2.05) is 24.3 Å². The molecule has 0 aliphatic carbocycles. The number of hydrogen-bond donors (Lipinski definition) is 2. The van der Waals surface area contributed by atoms with Crippen molar-refractivity contribution in [1.29, 1.82) is 0 Å². The lowest BCUT2D eigenvalue weighted by atomic mass is 10.1. The zero-order valence-electron chi connectivity index (χ0n) is 17.0. The minimum absolute atomic E-state index is 0.0998. The van der Waals surface area contributed by atoms with Crippen LogP contribution in [0.2, 0.25) is 0 Å². The van der Waals surface area contributed by atoms with E-state index in [4.69, 9.17) is 0 Å². The number of thiazole rings is 1. The van der Waals surface area contributed by atoms with E-state index >= 15 is 0 Å². The molecule has 1 amide bonds. The first kappa shape index (κ1) is 21.5. The molecular weight excluding hydrogens is 432 g/mol. The number of rotatable bonds is 7. The number of carbonyl (C=O) groups excluding carboxylic acids is 1. The van der Waals surface area contributed by atoms with Crippen molar-refractivity contribution in [2.45, 2.75) is 30.7 Å². The molecule has 1 aliphatic rings. The second kappa shape index (κ2) is 9.59. The number of nitrogens with one attached hydrogen (secondary N) is 2. The smallest absolute Gasteiger partial charge is 0.263 e. The maximum Gasteiger partial charge on any atom is 0.263 e. The molecule has 0 spiro atoms. The van der Waals surface area contributed by atoms with Gasteiger partial charge in [0.05, 0.1) is 4.90 Å². The molecule has 0 saturated carbocycles. The number of aromatic nitrogens is 1. The van der Waals surface area contributed by atoms with Crippen LogP contribution in [-0.4, -0.2) is 37.3 Å². The van der Waals surface area contributed by atoms with Gasteiger partial charge in [-0.3, -0.25) is 14.4 Å². The fourth-order valence-corrected chi connectivity index (χ4v) is 5.29. The van der Waals surface area contributed by atoms with Crippen LogP contribution >= 0.6 is 11.3 Å².